The molecule has 2 rings (SSSR count). The van der Waals surface area contributed by atoms with Crippen LogP contribution in [-0.4, -0.2) is 29.5 Å². The molecule has 0 radical (unpaired) electrons. The first-order valence-corrected chi connectivity index (χ1v) is 4.93. The van der Waals surface area contributed by atoms with Crippen molar-refractivity contribution in [3.8, 4) is 0 Å². The van der Waals surface area contributed by atoms with E-state index in [1.165, 1.54) is 11.3 Å². The molecule has 2 N–H and O–H groups in total. The zero-order valence-electron chi connectivity index (χ0n) is 7.10. The van der Waals surface area contributed by atoms with Crippen LogP contribution < -0.4 is 5.73 Å². The van der Waals surface area contributed by atoms with Gasteiger partial charge in [-0.05, 0) is 6.42 Å². The number of aromatic nitrogens is 2. The lowest BCUT2D eigenvalue weighted by atomic mass is 10.3. The Morgan fingerprint density at radius 2 is 2.54 bits per heavy atom. The first-order valence-electron chi connectivity index (χ1n) is 4.12. The largest absolute Gasteiger partial charge is 0.379 e. The highest BCUT2D eigenvalue weighted by atomic mass is 32.1. The van der Waals surface area contributed by atoms with Crippen molar-refractivity contribution < 1.29 is 9.47 Å². The Bertz CT molecular complexity index is 272. The van der Waals surface area contributed by atoms with Crippen LogP contribution in [0.3, 0.4) is 0 Å². The van der Waals surface area contributed by atoms with Gasteiger partial charge in [0, 0.05) is 6.61 Å². The van der Waals surface area contributed by atoms with Crippen molar-refractivity contribution in [1.29, 1.82) is 0 Å². The molecule has 0 unspecified atom stereocenters. The second kappa shape index (κ2) is 3.99. The second-order valence-corrected chi connectivity index (χ2v) is 3.92. The maximum Gasteiger partial charge on any atom is 0.203 e. The molecule has 0 bridgehead atoms. The summed E-state index contributed by atoms with van der Waals surface area (Å²) in [5.41, 5.74) is 5.43. The zero-order valence-corrected chi connectivity index (χ0v) is 7.92. The smallest absolute Gasteiger partial charge is 0.203 e. The molecule has 0 spiro atoms. The van der Waals surface area contributed by atoms with Crippen LogP contribution in [-0.2, 0) is 16.1 Å². The number of ether oxygens (including phenoxy) is 2. The molecule has 1 atom stereocenters. The minimum Gasteiger partial charge on any atom is -0.379 e. The third kappa shape index (κ3) is 2.36. The molecule has 0 saturated carbocycles. The van der Waals surface area contributed by atoms with Crippen LogP contribution in [0.4, 0.5) is 5.13 Å². The van der Waals surface area contributed by atoms with Crippen molar-refractivity contribution in [2.75, 3.05) is 18.9 Å². The van der Waals surface area contributed by atoms with Gasteiger partial charge in [0.25, 0.3) is 0 Å². The first-order chi connectivity index (χ1) is 6.34. The topological polar surface area (TPSA) is 70.3 Å². The molecule has 5 nitrogen and oxygen atoms in total. The van der Waals surface area contributed by atoms with Crippen LogP contribution in [0.5, 0.6) is 0 Å². The lowest BCUT2D eigenvalue weighted by molar-refractivity contribution is 0.0314. The first kappa shape index (κ1) is 8.86. The van der Waals surface area contributed by atoms with E-state index in [0.717, 1.165) is 18.0 Å². The van der Waals surface area contributed by atoms with E-state index in [1.54, 1.807) is 0 Å². The summed E-state index contributed by atoms with van der Waals surface area (Å²) >= 11 is 1.36. The molecule has 1 fully saturated rings. The fourth-order valence-electron chi connectivity index (χ4n) is 1.16. The average molecular weight is 201 g/mol. The molecule has 0 aromatic carbocycles. The quantitative estimate of drug-likeness (QED) is 0.767. The zero-order chi connectivity index (χ0) is 9.10. The molecule has 1 aromatic rings. The molecule has 1 saturated heterocycles. The minimum atomic E-state index is 0.213. The molecule has 1 aromatic heterocycles. The normalized spacial score (nSPS) is 22.3. The fourth-order valence-corrected chi connectivity index (χ4v) is 1.69. The van der Waals surface area contributed by atoms with Gasteiger partial charge in [-0.1, -0.05) is 11.3 Å². The summed E-state index contributed by atoms with van der Waals surface area (Å²) in [5, 5.41) is 8.86. The van der Waals surface area contributed by atoms with Gasteiger partial charge >= 0.3 is 0 Å². The van der Waals surface area contributed by atoms with E-state index < -0.39 is 0 Å². The fraction of sp³-hybridized carbons (Fsp3) is 0.714. The number of nitrogens with two attached hydrogens (primary N) is 1. The highest BCUT2D eigenvalue weighted by Crippen LogP contribution is 2.15. The summed E-state index contributed by atoms with van der Waals surface area (Å²) in [5.74, 6) is 0. The Hall–Kier alpha value is -0.720. The number of nitrogens with zero attached hydrogens (tertiary/aromatic N) is 2. The van der Waals surface area contributed by atoms with Crippen LogP contribution in [0.25, 0.3) is 0 Å². The molecule has 0 aliphatic carbocycles. The van der Waals surface area contributed by atoms with Crippen molar-refractivity contribution in [1.82, 2.24) is 10.2 Å². The van der Waals surface area contributed by atoms with Crippen LogP contribution in [0.1, 0.15) is 11.4 Å². The van der Waals surface area contributed by atoms with Crippen LogP contribution in [0.2, 0.25) is 0 Å². The Morgan fingerprint density at radius 1 is 1.62 bits per heavy atom. The molecular formula is C7H11N3O2S. The molecule has 0 amide bonds. The Morgan fingerprint density at radius 3 is 3.15 bits per heavy atom. The van der Waals surface area contributed by atoms with Gasteiger partial charge in [0.2, 0.25) is 5.13 Å². The summed E-state index contributed by atoms with van der Waals surface area (Å²) in [7, 11) is 0. The number of rotatable bonds is 3. The summed E-state index contributed by atoms with van der Waals surface area (Å²) < 4.78 is 10.7. The summed E-state index contributed by atoms with van der Waals surface area (Å²) in [4.78, 5) is 0. The van der Waals surface area contributed by atoms with Crippen molar-refractivity contribution in [2.45, 2.75) is 19.1 Å². The lowest BCUT2D eigenvalue weighted by Gasteiger charge is -2.06. The molecule has 13 heavy (non-hydrogen) atoms. The van der Waals surface area contributed by atoms with E-state index >= 15 is 0 Å². The molecule has 72 valence electrons. The average Bonchev–Trinajstić information content (AvgIpc) is 2.71. The van der Waals surface area contributed by atoms with Gasteiger partial charge in [-0.15, -0.1) is 10.2 Å². The standard InChI is InChI=1S/C7H11N3O2S/c8-7-10-9-6(13-7)4-12-5-1-2-11-3-5/h5H,1-4H2,(H2,8,10)/t5-/m0/s1. The van der Waals surface area contributed by atoms with Gasteiger partial charge in [-0.2, -0.15) is 0 Å². The van der Waals surface area contributed by atoms with Gasteiger partial charge in [0.15, 0.2) is 0 Å². The van der Waals surface area contributed by atoms with Gasteiger partial charge < -0.3 is 15.2 Å². The van der Waals surface area contributed by atoms with Crippen molar-refractivity contribution in [2.24, 2.45) is 0 Å². The maximum atomic E-state index is 5.53. The van der Waals surface area contributed by atoms with Gasteiger partial charge in [-0.3, -0.25) is 0 Å². The predicted molar refractivity (Wildman–Crippen MR) is 48.3 cm³/mol. The summed E-state index contributed by atoms with van der Waals surface area (Å²) in [6.45, 7) is 1.97. The number of hydrogen-bond donors (Lipinski definition) is 1. The van der Waals surface area contributed by atoms with E-state index in [-0.39, 0.29) is 6.10 Å². The lowest BCUT2D eigenvalue weighted by Crippen LogP contribution is -2.11. The molecule has 6 heteroatoms. The third-order valence-electron chi connectivity index (χ3n) is 1.81. The van der Waals surface area contributed by atoms with Crippen molar-refractivity contribution in [3.63, 3.8) is 0 Å². The van der Waals surface area contributed by atoms with Crippen LogP contribution >= 0.6 is 11.3 Å². The SMILES string of the molecule is Nc1nnc(CO[C@H]2CCOC2)s1. The second-order valence-electron chi connectivity index (χ2n) is 2.83. The molecule has 1 aliphatic rings. The van der Waals surface area contributed by atoms with E-state index in [9.17, 15) is 0 Å². The van der Waals surface area contributed by atoms with E-state index in [2.05, 4.69) is 10.2 Å². The van der Waals surface area contributed by atoms with Crippen LogP contribution in [0, 0.1) is 0 Å². The van der Waals surface area contributed by atoms with Gasteiger partial charge in [0.05, 0.1) is 12.7 Å². The predicted octanol–water partition coefficient (Wildman–Crippen LogP) is 0.426. The van der Waals surface area contributed by atoms with Crippen molar-refractivity contribution >= 4 is 16.5 Å². The van der Waals surface area contributed by atoms with E-state index in [4.69, 9.17) is 15.2 Å². The summed E-state index contributed by atoms with van der Waals surface area (Å²) in [6, 6.07) is 0. The molecule has 1 aliphatic heterocycles. The highest BCUT2D eigenvalue weighted by Gasteiger charge is 2.16. The number of hydrogen-bond acceptors (Lipinski definition) is 6. The van der Waals surface area contributed by atoms with Gasteiger partial charge in [0.1, 0.15) is 11.6 Å². The molecule has 2 heterocycles. The monoisotopic (exact) mass is 201 g/mol. The van der Waals surface area contributed by atoms with Crippen LogP contribution in [0.15, 0.2) is 0 Å². The third-order valence-corrected chi connectivity index (χ3v) is 2.54. The highest BCUT2D eigenvalue weighted by molar-refractivity contribution is 7.15. The Balaban J connectivity index is 1.78. The Labute approximate surface area is 79.9 Å². The van der Waals surface area contributed by atoms with E-state index in [0.29, 0.717) is 18.3 Å². The Kier molecular flexibility index (Phi) is 2.72. The molecular weight excluding hydrogens is 190 g/mol. The minimum absolute atomic E-state index is 0.213. The maximum absolute atomic E-state index is 5.53. The number of nitrogen functional groups attached to an aromatic ring is 1. The number of anilines is 1. The van der Waals surface area contributed by atoms with E-state index in [1.807, 2.05) is 0 Å². The van der Waals surface area contributed by atoms with Crippen molar-refractivity contribution in [3.05, 3.63) is 5.01 Å². The van der Waals surface area contributed by atoms with Gasteiger partial charge in [-0.25, -0.2) is 0 Å². The summed E-state index contributed by atoms with van der Waals surface area (Å²) in [6.07, 6.45) is 1.18.